The van der Waals surface area contributed by atoms with Crippen LogP contribution in [0.25, 0.3) is 0 Å². The molecule has 0 amide bonds. The van der Waals surface area contributed by atoms with E-state index in [2.05, 4.69) is 71.8 Å². The quantitative estimate of drug-likeness (QED) is 0.0412. The molecule has 6 atom stereocenters. The highest BCUT2D eigenvalue weighted by Gasteiger charge is 2.35. The normalized spacial score (nSPS) is 18.5. The SMILES string of the molecule is CC(C)C(=O)[C@@H](CN1CCC(O)CC1)c1ccc(Cl)cc1.CC(C)C(=O)[C@@H](CN1CCN(C(C)C)CC1)c1ccc(Cl)cc1.CC(C)C(=O)[C@@H](CN1CCOCC1)c1ccc(Cl)cc1.CC(C)C(=O)[C@H](CN1CCOCC1)c1ccc(Cl)cc1.CCN1CCN(CC(C(=O)C(C)C)c2ccc(Cl)cc2)CC1.CCN1CCN(C[C@@H](C(=O)C(C)C)c2ccc(Cl)cc2)CC1. The standard InChI is InChI=1S/C19H29ClN2O.2C18H27ClN2O.C17H24ClNO2.2C16H22ClNO2/c1-14(2)19(23)18(16-5-7-17(20)8-6-16)13-21-9-11-22(12-10-21)15(3)4;2*1-4-20-9-11-21(12-10-20)13-17(18(22)14(2)3)15-5-7-16(19)8-6-15;1-12(2)17(21)16(13-3-5-14(18)6-4-13)11-19-9-7-15(20)8-10-19;2*1-12(2)16(19)15(11-18-7-9-20-10-8-18)13-3-5-14(17)6-4-13/h5-8,14-15,18H,9-13H2,1-4H3;2*5-8,14,17H,4,9-13H2,1-3H3;3-6,12,15-16,20H,7-11H2,1-2H3;2*3-6,12,15H,7-11H2,1-2H3/t18-;17-;;16-;2*15-/m01.010/s1. The summed E-state index contributed by atoms with van der Waals surface area (Å²) in [5.41, 5.74) is 6.39. The first-order valence-corrected chi connectivity index (χ1v) is 49.4. The molecule has 6 heterocycles. The average Bonchev–Trinajstić information content (AvgIpc) is 1.34. The van der Waals surface area contributed by atoms with Gasteiger partial charge in [-0.15, -0.1) is 0 Å². The van der Waals surface area contributed by atoms with Crippen LogP contribution in [0.15, 0.2) is 146 Å². The van der Waals surface area contributed by atoms with Crippen LogP contribution < -0.4 is 0 Å². The Labute approximate surface area is 798 Å². The first kappa shape index (κ1) is 110. The van der Waals surface area contributed by atoms with Gasteiger partial charge in [-0.3, -0.25) is 58.2 Å². The molecule has 1 unspecified atom stereocenters. The summed E-state index contributed by atoms with van der Waals surface area (Å²) in [5.74, 6) is 1.62. The average molecular weight is 1880 g/mol. The summed E-state index contributed by atoms with van der Waals surface area (Å²) >= 11 is 35.8. The number of aliphatic hydroxyl groups excluding tert-OH is 1. The number of benzene rings is 6. The molecule has 0 radical (unpaired) electrons. The zero-order chi connectivity index (χ0) is 93.7. The number of nitrogens with zero attached hydrogens (tertiary/aromatic N) is 9. The first-order valence-electron chi connectivity index (χ1n) is 47.1. The summed E-state index contributed by atoms with van der Waals surface area (Å²) in [6, 6.07) is 46.8. The number of likely N-dealkylation sites (N-methyl/N-ethyl adjacent to an activating group) is 2. The molecule has 6 aliphatic heterocycles. The van der Waals surface area contributed by atoms with E-state index in [-0.39, 0.29) is 82.9 Å². The molecule has 6 aliphatic rings. The van der Waals surface area contributed by atoms with Gasteiger partial charge in [0.1, 0.15) is 34.7 Å². The fourth-order valence-corrected chi connectivity index (χ4v) is 17.8. The summed E-state index contributed by atoms with van der Waals surface area (Å²) in [4.78, 5) is 97.2. The molecule has 0 bridgehead atoms. The van der Waals surface area contributed by atoms with Crippen molar-refractivity contribution in [2.24, 2.45) is 35.5 Å². The number of ether oxygens (including phenoxy) is 2. The highest BCUT2D eigenvalue weighted by Crippen LogP contribution is 2.32. The number of carbonyl (C=O) groups is 6. The highest BCUT2D eigenvalue weighted by molar-refractivity contribution is 6.32. The maximum atomic E-state index is 12.7. The summed E-state index contributed by atoms with van der Waals surface area (Å²) in [7, 11) is 0. The van der Waals surface area contributed by atoms with E-state index in [0.29, 0.717) is 50.0 Å². The molecular weight excluding hydrogens is 1730 g/mol. The number of piperidine rings is 1. The van der Waals surface area contributed by atoms with E-state index in [1.807, 2.05) is 229 Å². The maximum Gasteiger partial charge on any atom is 0.144 e. The molecule has 0 aliphatic carbocycles. The third kappa shape index (κ3) is 37.5. The van der Waals surface area contributed by atoms with Crippen molar-refractivity contribution >= 4 is 104 Å². The molecule has 6 fully saturated rings. The van der Waals surface area contributed by atoms with E-state index >= 15 is 0 Å². The Morgan fingerprint density at radius 2 is 0.430 bits per heavy atom. The first-order chi connectivity index (χ1) is 61.0. The number of Topliss-reactive ketones (excluding diaryl/α,β-unsaturated/α-hetero) is 6. The number of hydrogen-bond acceptors (Lipinski definition) is 18. The van der Waals surface area contributed by atoms with Crippen LogP contribution in [0.5, 0.6) is 0 Å². The lowest BCUT2D eigenvalue weighted by molar-refractivity contribution is -0.124. The van der Waals surface area contributed by atoms with Crippen molar-refractivity contribution in [3.8, 4) is 0 Å². The van der Waals surface area contributed by atoms with E-state index in [4.69, 9.17) is 79.1 Å². The lowest BCUT2D eigenvalue weighted by Gasteiger charge is -2.38. The Morgan fingerprint density at radius 3 is 0.602 bits per heavy atom. The molecule has 6 saturated heterocycles. The van der Waals surface area contributed by atoms with Gasteiger partial charge in [-0.25, -0.2) is 0 Å². The number of aliphatic hydroxyl groups is 1. The van der Waals surface area contributed by atoms with Crippen LogP contribution in [0.1, 0.15) is 193 Å². The number of ketones is 6. The molecule has 18 nitrogen and oxygen atoms in total. The zero-order valence-corrected chi connectivity index (χ0v) is 84.1. The Balaban J connectivity index is 0.000000211. The van der Waals surface area contributed by atoms with Gasteiger partial charge in [0.25, 0.3) is 0 Å². The van der Waals surface area contributed by atoms with E-state index in [0.717, 1.165) is 258 Å². The van der Waals surface area contributed by atoms with Gasteiger partial charge in [-0.2, -0.15) is 0 Å². The smallest absolute Gasteiger partial charge is 0.144 e. The largest absolute Gasteiger partial charge is 0.393 e. The summed E-state index contributed by atoms with van der Waals surface area (Å²) in [5, 5.41) is 13.9. The predicted octanol–water partition coefficient (Wildman–Crippen LogP) is 19.3. The fraction of sp³-hybridized carbons (Fsp3) is 0.596. The van der Waals surface area contributed by atoms with Crippen LogP contribution in [0.4, 0.5) is 0 Å². The van der Waals surface area contributed by atoms with Crippen molar-refractivity contribution in [3.05, 3.63) is 209 Å². The topological polar surface area (TPSA) is 170 Å². The number of likely N-dealkylation sites (tertiary alicyclic amines) is 1. The second-order valence-electron chi connectivity index (χ2n) is 37.2. The molecule has 6 aromatic carbocycles. The Kier molecular flexibility index (Phi) is 49.1. The van der Waals surface area contributed by atoms with E-state index in [1.165, 1.54) is 0 Å². The number of carbonyl (C=O) groups excluding carboxylic acids is 6. The van der Waals surface area contributed by atoms with Gasteiger partial charge < -0.3 is 29.3 Å². The van der Waals surface area contributed by atoms with Gasteiger partial charge in [-0.1, -0.05) is 239 Å². The van der Waals surface area contributed by atoms with Crippen LogP contribution in [0, 0.1) is 35.5 Å². The Hall–Kier alpha value is -5.40. The molecule has 128 heavy (non-hydrogen) atoms. The minimum Gasteiger partial charge on any atom is -0.393 e. The molecular formula is C104H151Cl6N9O9. The molecule has 0 aromatic heterocycles. The molecule has 0 saturated carbocycles. The van der Waals surface area contributed by atoms with Crippen LogP contribution in [-0.2, 0) is 38.2 Å². The second kappa shape index (κ2) is 57.4. The zero-order valence-electron chi connectivity index (χ0n) is 79.6. The number of piperazine rings is 3. The monoisotopic (exact) mass is 1880 g/mol. The van der Waals surface area contributed by atoms with Gasteiger partial charge in [0.2, 0.25) is 0 Å². The van der Waals surface area contributed by atoms with Crippen molar-refractivity contribution in [1.29, 1.82) is 0 Å². The van der Waals surface area contributed by atoms with Crippen LogP contribution in [0.3, 0.4) is 0 Å². The van der Waals surface area contributed by atoms with Crippen LogP contribution >= 0.6 is 69.6 Å². The van der Waals surface area contributed by atoms with Crippen molar-refractivity contribution < 1.29 is 43.3 Å². The number of morpholine rings is 2. The molecule has 6 aromatic rings. The minimum absolute atomic E-state index is 0.0149. The summed E-state index contributed by atoms with van der Waals surface area (Å²) in [6.45, 7) is 60.6. The van der Waals surface area contributed by atoms with Crippen LogP contribution in [0.2, 0.25) is 30.1 Å². The van der Waals surface area contributed by atoms with Crippen molar-refractivity contribution in [3.63, 3.8) is 0 Å². The van der Waals surface area contributed by atoms with Crippen LogP contribution in [-0.4, -0.2) is 293 Å². The molecule has 0 spiro atoms. The number of hydrogen-bond donors (Lipinski definition) is 1. The van der Waals surface area contributed by atoms with E-state index in [9.17, 15) is 33.9 Å². The van der Waals surface area contributed by atoms with Gasteiger partial charge in [-0.05, 0) is 146 Å². The Morgan fingerprint density at radius 1 is 0.266 bits per heavy atom. The lowest BCUT2D eigenvalue weighted by Crippen LogP contribution is -2.50. The van der Waals surface area contributed by atoms with E-state index < -0.39 is 0 Å². The summed E-state index contributed by atoms with van der Waals surface area (Å²) < 4.78 is 10.7. The maximum absolute atomic E-state index is 12.7. The predicted molar refractivity (Wildman–Crippen MR) is 531 cm³/mol. The third-order valence-electron chi connectivity index (χ3n) is 25.5. The molecule has 12 rings (SSSR count). The minimum atomic E-state index is -0.184. The summed E-state index contributed by atoms with van der Waals surface area (Å²) in [6.07, 6.45) is 1.41. The number of halogens is 6. The van der Waals surface area contributed by atoms with Gasteiger partial charge in [0.15, 0.2) is 0 Å². The molecule has 24 heteroatoms. The van der Waals surface area contributed by atoms with E-state index in [1.54, 1.807) is 0 Å². The van der Waals surface area contributed by atoms with Crippen molar-refractivity contribution in [2.45, 2.75) is 171 Å². The van der Waals surface area contributed by atoms with Gasteiger partial charge in [0.05, 0.1) is 68.0 Å². The lowest BCUT2D eigenvalue weighted by atomic mass is 9.88. The van der Waals surface area contributed by atoms with Crippen molar-refractivity contribution in [1.82, 2.24) is 44.1 Å². The Bertz CT molecular complexity index is 4020. The van der Waals surface area contributed by atoms with Crippen molar-refractivity contribution in [2.75, 3.05) is 197 Å². The van der Waals surface area contributed by atoms with Gasteiger partial charge >= 0.3 is 0 Å². The molecule has 708 valence electrons. The highest BCUT2D eigenvalue weighted by atomic mass is 35.5. The molecule has 1 N–H and O–H groups in total. The fourth-order valence-electron chi connectivity index (χ4n) is 17.0. The second-order valence-corrected chi connectivity index (χ2v) is 39.8. The number of rotatable bonds is 33. The van der Waals surface area contributed by atoms with Gasteiger partial charge in [0, 0.05) is 229 Å². The third-order valence-corrected chi connectivity index (χ3v) is 27.0.